The number of carbonyl (C=O) groups excluding carboxylic acids is 1. The third-order valence-electron chi connectivity index (χ3n) is 3.99. The van der Waals surface area contributed by atoms with Crippen LogP contribution < -0.4 is 9.47 Å². The Kier molecular flexibility index (Phi) is 3.97. The van der Waals surface area contributed by atoms with E-state index in [0.29, 0.717) is 10.7 Å². The number of nitrogens with zero attached hydrogens (tertiary/aromatic N) is 2. The molecule has 3 aliphatic rings. The van der Waals surface area contributed by atoms with E-state index >= 15 is 0 Å². The number of rotatable bonds is 1. The van der Waals surface area contributed by atoms with Gasteiger partial charge in [0.25, 0.3) is 5.91 Å². The molecule has 4 rings (SSSR count). The summed E-state index contributed by atoms with van der Waals surface area (Å²) < 4.78 is 16.4. The fourth-order valence-electron chi connectivity index (χ4n) is 3.02. The third kappa shape index (κ3) is 3.01. The zero-order valence-corrected chi connectivity index (χ0v) is 14.3. The Morgan fingerprint density at radius 3 is 2.75 bits per heavy atom. The first-order chi connectivity index (χ1) is 11.6. The zero-order valence-electron chi connectivity index (χ0n) is 13.5. The van der Waals surface area contributed by atoms with E-state index in [1.807, 2.05) is 38.1 Å². The van der Waals surface area contributed by atoms with Crippen molar-refractivity contribution in [2.45, 2.75) is 26.1 Å². The molecular formula is C17H18N2O4S. The summed E-state index contributed by atoms with van der Waals surface area (Å²) in [5.41, 5.74) is 0.898. The van der Waals surface area contributed by atoms with Gasteiger partial charge in [-0.25, -0.2) is 0 Å². The van der Waals surface area contributed by atoms with Crippen molar-refractivity contribution in [1.82, 2.24) is 4.90 Å². The Bertz CT molecular complexity index is 736. The fraction of sp³-hybridized carbons (Fsp3) is 0.412. The van der Waals surface area contributed by atoms with E-state index in [1.54, 1.807) is 0 Å². The van der Waals surface area contributed by atoms with Gasteiger partial charge in [0, 0.05) is 13.1 Å². The minimum Gasteiger partial charge on any atom is -0.454 e. The minimum absolute atomic E-state index is 0.133. The molecule has 1 aromatic rings. The molecule has 2 unspecified atom stereocenters. The molecule has 24 heavy (non-hydrogen) atoms. The molecule has 0 spiro atoms. The first kappa shape index (κ1) is 15.5. The summed E-state index contributed by atoms with van der Waals surface area (Å²) in [5.74, 6) is 1.24. The van der Waals surface area contributed by atoms with Crippen molar-refractivity contribution in [3.63, 3.8) is 0 Å². The van der Waals surface area contributed by atoms with Crippen molar-refractivity contribution in [1.29, 1.82) is 0 Å². The summed E-state index contributed by atoms with van der Waals surface area (Å²) in [5, 5.41) is 0.758. The number of morpholine rings is 1. The SMILES string of the molecule is CC1CN(C2=NC(=O)/C(=C/c3ccc4c(c3)OCO4)S2)CC(C)O1. The number of fused-ring (bicyclic) bond motifs is 1. The van der Waals surface area contributed by atoms with E-state index in [9.17, 15) is 4.79 Å². The highest BCUT2D eigenvalue weighted by molar-refractivity contribution is 8.18. The van der Waals surface area contributed by atoms with Crippen LogP contribution >= 0.6 is 11.8 Å². The first-order valence-electron chi connectivity index (χ1n) is 7.91. The fourth-order valence-corrected chi connectivity index (χ4v) is 3.95. The summed E-state index contributed by atoms with van der Waals surface area (Å²) in [6, 6.07) is 5.64. The Morgan fingerprint density at radius 2 is 1.96 bits per heavy atom. The highest BCUT2D eigenvalue weighted by Crippen LogP contribution is 2.35. The highest BCUT2D eigenvalue weighted by Gasteiger charge is 2.31. The van der Waals surface area contributed by atoms with Crippen molar-refractivity contribution < 1.29 is 19.0 Å². The molecule has 0 saturated carbocycles. The van der Waals surface area contributed by atoms with Crippen molar-refractivity contribution in [3.8, 4) is 11.5 Å². The maximum atomic E-state index is 12.2. The molecule has 0 radical (unpaired) electrons. The Hall–Kier alpha value is -1.99. The second-order valence-corrected chi connectivity index (χ2v) is 7.09. The third-order valence-corrected chi connectivity index (χ3v) is 5.04. The Labute approximate surface area is 144 Å². The summed E-state index contributed by atoms with van der Waals surface area (Å²) >= 11 is 1.42. The van der Waals surface area contributed by atoms with E-state index in [1.165, 1.54) is 11.8 Å². The number of aliphatic imine (C=N–C) groups is 1. The number of thioether (sulfide) groups is 1. The molecule has 1 amide bonds. The van der Waals surface area contributed by atoms with Crippen LogP contribution in [0.3, 0.4) is 0 Å². The van der Waals surface area contributed by atoms with Gasteiger partial charge in [0.2, 0.25) is 6.79 Å². The molecule has 3 heterocycles. The predicted octanol–water partition coefficient (Wildman–Crippen LogP) is 2.49. The van der Waals surface area contributed by atoms with Crippen LogP contribution in [0.2, 0.25) is 0 Å². The summed E-state index contributed by atoms with van der Waals surface area (Å²) in [6.07, 6.45) is 2.11. The largest absolute Gasteiger partial charge is 0.454 e. The molecule has 1 fully saturated rings. The maximum Gasteiger partial charge on any atom is 0.286 e. The lowest BCUT2D eigenvalue weighted by Crippen LogP contribution is -2.47. The molecule has 0 bridgehead atoms. The van der Waals surface area contributed by atoms with Crippen LogP contribution in [0.15, 0.2) is 28.1 Å². The van der Waals surface area contributed by atoms with Gasteiger partial charge >= 0.3 is 0 Å². The Balaban J connectivity index is 1.51. The van der Waals surface area contributed by atoms with Crippen LogP contribution in [0.25, 0.3) is 6.08 Å². The minimum atomic E-state index is -0.195. The monoisotopic (exact) mass is 346 g/mol. The molecule has 3 aliphatic heterocycles. The number of benzene rings is 1. The maximum absolute atomic E-state index is 12.2. The number of ether oxygens (including phenoxy) is 3. The van der Waals surface area contributed by atoms with E-state index in [2.05, 4.69) is 9.89 Å². The molecule has 1 aromatic carbocycles. The van der Waals surface area contributed by atoms with Gasteiger partial charge in [-0.3, -0.25) is 4.79 Å². The molecule has 6 nitrogen and oxygen atoms in total. The molecular weight excluding hydrogens is 328 g/mol. The molecule has 2 atom stereocenters. The average molecular weight is 346 g/mol. The van der Waals surface area contributed by atoms with Crippen LogP contribution in [-0.4, -0.2) is 48.1 Å². The molecule has 0 aromatic heterocycles. The van der Waals surface area contributed by atoms with Crippen LogP contribution in [-0.2, 0) is 9.53 Å². The van der Waals surface area contributed by atoms with E-state index in [4.69, 9.17) is 14.2 Å². The van der Waals surface area contributed by atoms with Crippen molar-refractivity contribution in [2.75, 3.05) is 19.9 Å². The van der Waals surface area contributed by atoms with Gasteiger partial charge in [0.05, 0.1) is 17.1 Å². The average Bonchev–Trinajstić information content (AvgIpc) is 3.13. The van der Waals surface area contributed by atoms with Gasteiger partial charge in [0.15, 0.2) is 16.7 Å². The predicted molar refractivity (Wildman–Crippen MR) is 92.2 cm³/mol. The van der Waals surface area contributed by atoms with Gasteiger partial charge in [0.1, 0.15) is 0 Å². The van der Waals surface area contributed by atoms with Crippen LogP contribution in [0.1, 0.15) is 19.4 Å². The number of amidine groups is 1. The number of hydrogen-bond acceptors (Lipinski definition) is 6. The van der Waals surface area contributed by atoms with Gasteiger partial charge in [-0.15, -0.1) is 0 Å². The van der Waals surface area contributed by atoms with Gasteiger partial charge < -0.3 is 19.1 Å². The second-order valence-electron chi connectivity index (χ2n) is 6.09. The Morgan fingerprint density at radius 1 is 1.21 bits per heavy atom. The zero-order chi connectivity index (χ0) is 16.7. The summed E-state index contributed by atoms with van der Waals surface area (Å²) in [7, 11) is 0. The molecule has 0 N–H and O–H groups in total. The van der Waals surface area contributed by atoms with Crippen LogP contribution in [0.5, 0.6) is 11.5 Å². The first-order valence-corrected chi connectivity index (χ1v) is 8.73. The van der Waals surface area contributed by atoms with E-state index in [-0.39, 0.29) is 24.9 Å². The van der Waals surface area contributed by atoms with E-state index < -0.39 is 0 Å². The lowest BCUT2D eigenvalue weighted by molar-refractivity contribution is -0.113. The van der Waals surface area contributed by atoms with Crippen LogP contribution in [0.4, 0.5) is 0 Å². The number of carbonyl (C=O) groups is 1. The smallest absolute Gasteiger partial charge is 0.286 e. The summed E-state index contributed by atoms with van der Waals surface area (Å²) in [4.78, 5) is 19.2. The number of amides is 1. The second kappa shape index (κ2) is 6.14. The van der Waals surface area contributed by atoms with Crippen molar-refractivity contribution >= 4 is 28.9 Å². The number of hydrogen-bond donors (Lipinski definition) is 0. The molecule has 1 saturated heterocycles. The van der Waals surface area contributed by atoms with Crippen LogP contribution in [0, 0.1) is 0 Å². The van der Waals surface area contributed by atoms with Gasteiger partial charge in [-0.05, 0) is 49.4 Å². The highest BCUT2D eigenvalue weighted by atomic mass is 32.2. The van der Waals surface area contributed by atoms with Gasteiger partial charge in [-0.2, -0.15) is 4.99 Å². The molecule has 7 heteroatoms. The lowest BCUT2D eigenvalue weighted by Gasteiger charge is -2.35. The van der Waals surface area contributed by atoms with Gasteiger partial charge in [-0.1, -0.05) is 6.07 Å². The standard InChI is InChI=1S/C17H18N2O4S/c1-10-7-19(8-11(2)23-10)17-18-16(20)15(24-17)6-12-3-4-13-14(5-12)22-9-21-13/h3-6,10-11H,7-9H2,1-2H3/b15-6-. The lowest BCUT2D eigenvalue weighted by atomic mass is 10.2. The van der Waals surface area contributed by atoms with Crippen molar-refractivity contribution in [2.24, 2.45) is 4.99 Å². The topological polar surface area (TPSA) is 60.4 Å². The summed E-state index contributed by atoms with van der Waals surface area (Å²) in [6.45, 7) is 5.81. The molecule has 126 valence electrons. The van der Waals surface area contributed by atoms with Crippen molar-refractivity contribution in [3.05, 3.63) is 28.7 Å². The van der Waals surface area contributed by atoms with E-state index in [0.717, 1.165) is 29.6 Å². The molecule has 0 aliphatic carbocycles. The quantitative estimate of drug-likeness (QED) is 0.728. The normalized spacial score (nSPS) is 27.8.